The Balaban J connectivity index is 1.28. The van der Waals surface area contributed by atoms with Gasteiger partial charge in [0, 0.05) is 23.6 Å². The Hall–Kier alpha value is -2.46. The van der Waals surface area contributed by atoms with Gasteiger partial charge in [-0.2, -0.15) is 0 Å². The van der Waals surface area contributed by atoms with Crippen LogP contribution >= 0.6 is 0 Å². The molecule has 3 aromatic rings. The summed E-state index contributed by atoms with van der Waals surface area (Å²) in [6.07, 6.45) is 7.87. The van der Waals surface area contributed by atoms with E-state index >= 15 is 0 Å². The van der Waals surface area contributed by atoms with Crippen LogP contribution in [0.4, 0.5) is 0 Å². The molecule has 0 spiro atoms. The van der Waals surface area contributed by atoms with E-state index in [0.717, 1.165) is 36.8 Å². The molecule has 1 unspecified atom stereocenters. The number of H-pyrrole nitrogens is 1. The molecule has 2 aromatic carbocycles. The number of rotatable bonds is 6. The summed E-state index contributed by atoms with van der Waals surface area (Å²) < 4.78 is 0. The van der Waals surface area contributed by atoms with Gasteiger partial charge in [0.2, 0.25) is 0 Å². The molecule has 1 fully saturated rings. The van der Waals surface area contributed by atoms with Crippen LogP contribution in [-0.2, 0) is 6.42 Å². The predicted octanol–water partition coefficient (Wildman–Crippen LogP) is 4.78. The van der Waals surface area contributed by atoms with E-state index in [0.29, 0.717) is 17.4 Å². The first-order valence-corrected chi connectivity index (χ1v) is 9.99. The Morgan fingerprint density at radius 2 is 1.93 bits per heavy atom. The lowest BCUT2D eigenvalue weighted by atomic mass is 9.90. The van der Waals surface area contributed by atoms with Gasteiger partial charge >= 0.3 is 0 Å². The molecule has 0 saturated carbocycles. The quantitative estimate of drug-likeness (QED) is 0.552. The van der Waals surface area contributed by atoms with E-state index in [1.54, 1.807) is 12.1 Å². The van der Waals surface area contributed by atoms with Crippen molar-refractivity contribution in [1.82, 2.24) is 9.88 Å². The zero-order valence-corrected chi connectivity index (χ0v) is 15.7. The number of unbranched alkanes of at least 4 members (excludes halogenated alkanes) is 1. The minimum absolute atomic E-state index is 0.328. The first kappa shape index (κ1) is 17.9. The molecule has 0 aliphatic carbocycles. The monoisotopic (exact) mass is 364 g/mol. The zero-order chi connectivity index (χ0) is 18.6. The molecule has 1 atom stereocenters. The standard InChI is InChI=1S/C23H28N2O2/c26-20-8-3-6-17(13-20)19-7-4-12-25(16-19)11-2-1-5-18-15-24-23-10-9-21(27)14-22(18)23/h3,6,8-10,13-15,19,24,26-27H,1-2,4-5,7,11-12,16H2. The van der Waals surface area contributed by atoms with Crippen molar-refractivity contribution in [1.29, 1.82) is 0 Å². The highest BCUT2D eigenvalue weighted by molar-refractivity contribution is 5.84. The number of aromatic hydroxyl groups is 2. The van der Waals surface area contributed by atoms with Crippen molar-refractivity contribution in [2.24, 2.45) is 0 Å². The summed E-state index contributed by atoms with van der Waals surface area (Å²) in [6, 6.07) is 13.3. The largest absolute Gasteiger partial charge is 0.508 e. The number of hydrogen-bond donors (Lipinski definition) is 3. The van der Waals surface area contributed by atoms with Crippen LogP contribution in [0.25, 0.3) is 10.9 Å². The number of aromatic amines is 1. The molecule has 3 N–H and O–H groups in total. The van der Waals surface area contributed by atoms with Crippen LogP contribution in [0.2, 0.25) is 0 Å². The van der Waals surface area contributed by atoms with Crippen LogP contribution < -0.4 is 0 Å². The first-order chi connectivity index (χ1) is 13.2. The molecular weight excluding hydrogens is 336 g/mol. The number of likely N-dealkylation sites (tertiary alicyclic amines) is 1. The SMILES string of the molecule is Oc1cccc(C2CCCN(CCCCc3c[nH]c4ccc(O)cc34)C2)c1. The second-order valence-corrected chi connectivity index (χ2v) is 7.74. The topological polar surface area (TPSA) is 59.5 Å². The summed E-state index contributed by atoms with van der Waals surface area (Å²) in [5, 5.41) is 20.6. The average Bonchev–Trinajstić information content (AvgIpc) is 3.07. The van der Waals surface area contributed by atoms with Crippen LogP contribution in [0.3, 0.4) is 0 Å². The van der Waals surface area contributed by atoms with E-state index < -0.39 is 0 Å². The Bertz CT molecular complexity index is 902. The number of hydrogen-bond acceptors (Lipinski definition) is 3. The van der Waals surface area contributed by atoms with Crippen molar-refractivity contribution in [3.63, 3.8) is 0 Å². The molecular formula is C23H28N2O2. The number of phenolic OH excluding ortho intramolecular Hbond substituents is 2. The van der Waals surface area contributed by atoms with Gasteiger partial charge in [0.1, 0.15) is 11.5 Å². The molecule has 1 aromatic heterocycles. The number of aromatic nitrogens is 1. The molecule has 4 rings (SSSR count). The van der Waals surface area contributed by atoms with E-state index in [1.165, 1.54) is 36.9 Å². The van der Waals surface area contributed by atoms with Crippen molar-refractivity contribution in [2.75, 3.05) is 19.6 Å². The second-order valence-electron chi connectivity index (χ2n) is 7.74. The van der Waals surface area contributed by atoms with Crippen molar-refractivity contribution < 1.29 is 10.2 Å². The Kier molecular flexibility index (Phi) is 5.35. The van der Waals surface area contributed by atoms with Crippen molar-refractivity contribution >= 4 is 10.9 Å². The van der Waals surface area contributed by atoms with Crippen molar-refractivity contribution in [3.05, 3.63) is 59.8 Å². The Morgan fingerprint density at radius 1 is 1.04 bits per heavy atom. The minimum atomic E-state index is 0.328. The number of fused-ring (bicyclic) bond motifs is 1. The van der Waals surface area contributed by atoms with Gasteiger partial charge in [-0.05, 0) is 92.6 Å². The van der Waals surface area contributed by atoms with Gasteiger partial charge in [0.15, 0.2) is 0 Å². The zero-order valence-electron chi connectivity index (χ0n) is 15.7. The molecule has 4 heteroatoms. The molecule has 2 heterocycles. The lowest BCUT2D eigenvalue weighted by Gasteiger charge is -2.33. The molecule has 1 aliphatic heterocycles. The molecule has 4 nitrogen and oxygen atoms in total. The smallest absolute Gasteiger partial charge is 0.116 e. The maximum Gasteiger partial charge on any atom is 0.116 e. The summed E-state index contributed by atoms with van der Waals surface area (Å²) in [7, 11) is 0. The van der Waals surface area contributed by atoms with Crippen LogP contribution in [0.15, 0.2) is 48.7 Å². The summed E-state index contributed by atoms with van der Waals surface area (Å²) in [5.74, 6) is 1.23. The van der Waals surface area contributed by atoms with Crippen LogP contribution in [0.1, 0.15) is 42.7 Å². The maximum atomic E-state index is 9.73. The molecule has 142 valence electrons. The lowest BCUT2D eigenvalue weighted by molar-refractivity contribution is 0.204. The minimum Gasteiger partial charge on any atom is -0.508 e. The molecule has 1 aliphatic rings. The fourth-order valence-corrected chi connectivity index (χ4v) is 4.33. The normalized spacial score (nSPS) is 18.1. The van der Waals surface area contributed by atoms with Gasteiger partial charge in [-0.25, -0.2) is 0 Å². The highest BCUT2D eigenvalue weighted by atomic mass is 16.3. The maximum absolute atomic E-state index is 9.73. The van der Waals surface area contributed by atoms with Gasteiger partial charge in [-0.15, -0.1) is 0 Å². The number of piperidine rings is 1. The molecule has 0 bridgehead atoms. The van der Waals surface area contributed by atoms with E-state index in [2.05, 4.69) is 22.1 Å². The lowest BCUT2D eigenvalue weighted by Crippen LogP contribution is -2.35. The van der Waals surface area contributed by atoms with Crippen molar-refractivity contribution in [2.45, 2.75) is 38.0 Å². The molecule has 27 heavy (non-hydrogen) atoms. The van der Waals surface area contributed by atoms with Crippen LogP contribution in [-0.4, -0.2) is 39.7 Å². The fourth-order valence-electron chi connectivity index (χ4n) is 4.33. The second kappa shape index (κ2) is 8.05. The number of aryl methyl sites for hydroxylation is 1. The number of phenols is 2. The van der Waals surface area contributed by atoms with Crippen LogP contribution in [0, 0.1) is 0 Å². The molecule has 0 amide bonds. The van der Waals surface area contributed by atoms with Gasteiger partial charge in [-0.3, -0.25) is 0 Å². The highest BCUT2D eigenvalue weighted by Crippen LogP contribution is 2.29. The van der Waals surface area contributed by atoms with Crippen molar-refractivity contribution in [3.8, 4) is 11.5 Å². The van der Waals surface area contributed by atoms with E-state index in [4.69, 9.17) is 0 Å². The first-order valence-electron chi connectivity index (χ1n) is 9.99. The highest BCUT2D eigenvalue weighted by Gasteiger charge is 2.21. The van der Waals surface area contributed by atoms with Gasteiger partial charge in [-0.1, -0.05) is 12.1 Å². The number of nitrogens with one attached hydrogen (secondary N) is 1. The summed E-state index contributed by atoms with van der Waals surface area (Å²) >= 11 is 0. The number of benzene rings is 2. The van der Waals surface area contributed by atoms with Crippen LogP contribution in [0.5, 0.6) is 11.5 Å². The van der Waals surface area contributed by atoms with Gasteiger partial charge < -0.3 is 20.1 Å². The van der Waals surface area contributed by atoms with E-state index in [1.807, 2.05) is 24.3 Å². The Labute approximate surface area is 160 Å². The predicted molar refractivity (Wildman–Crippen MR) is 109 cm³/mol. The average molecular weight is 364 g/mol. The molecule has 0 radical (unpaired) electrons. The van der Waals surface area contributed by atoms with Gasteiger partial charge in [0.05, 0.1) is 0 Å². The third-order valence-corrected chi connectivity index (χ3v) is 5.77. The number of nitrogens with zero attached hydrogens (tertiary/aromatic N) is 1. The summed E-state index contributed by atoms with van der Waals surface area (Å²) in [5.41, 5.74) is 3.64. The molecule has 1 saturated heterocycles. The Morgan fingerprint density at radius 3 is 2.81 bits per heavy atom. The summed E-state index contributed by atoms with van der Waals surface area (Å²) in [6.45, 7) is 3.39. The van der Waals surface area contributed by atoms with E-state index in [9.17, 15) is 10.2 Å². The van der Waals surface area contributed by atoms with Gasteiger partial charge in [0.25, 0.3) is 0 Å². The third kappa shape index (κ3) is 4.28. The third-order valence-electron chi connectivity index (χ3n) is 5.77. The summed E-state index contributed by atoms with van der Waals surface area (Å²) in [4.78, 5) is 5.86. The van der Waals surface area contributed by atoms with E-state index in [-0.39, 0.29) is 0 Å². The fraction of sp³-hybridized carbons (Fsp3) is 0.391.